The maximum absolute atomic E-state index is 10.8. The largest absolute Gasteiger partial charge is 0.478 e. The van der Waals surface area contributed by atoms with Crippen LogP contribution in [0.5, 0.6) is 0 Å². The van der Waals surface area contributed by atoms with Gasteiger partial charge in [-0.3, -0.25) is 0 Å². The lowest BCUT2D eigenvalue weighted by Gasteiger charge is -2.35. The topological polar surface area (TPSA) is 107 Å². The van der Waals surface area contributed by atoms with Crippen molar-refractivity contribution in [2.75, 3.05) is 13.7 Å². The molecule has 0 aromatic heterocycles. The molecule has 0 fully saturated rings. The minimum Gasteiger partial charge on any atom is -0.478 e. The number of carboxylic acids is 1. The number of hydrogen-bond donors (Lipinski definition) is 4. The van der Waals surface area contributed by atoms with E-state index in [-0.39, 0.29) is 30.5 Å². The molecule has 0 rings (SSSR count). The number of carbonyl (C=O) groups is 1. The Labute approximate surface area is 168 Å². The van der Waals surface area contributed by atoms with Gasteiger partial charge in [-0.15, -0.1) is 0 Å². The zero-order valence-electron chi connectivity index (χ0n) is 17.5. The van der Waals surface area contributed by atoms with Crippen molar-refractivity contribution in [3.63, 3.8) is 0 Å². The first kappa shape index (κ1) is 26.3. The molecular weight excluding hydrogens is 360 g/mol. The molecule has 0 saturated carbocycles. The first-order valence-electron chi connectivity index (χ1n) is 9.58. The van der Waals surface area contributed by atoms with Crippen LogP contribution in [-0.4, -0.2) is 58.4 Å². The Balaban J connectivity index is 4.98. The quantitative estimate of drug-likeness (QED) is 0.217. The Morgan fingerprint density at radius 1 is 1.04 bits per heavy atom. The second-order valence-corrected chi connectivity index (χ2v) is 7.14. The third-order valence-electron chi connectivity index (χ3n) is 4.93. The van der Waals surface area contributed by atoms with Gasteiger partial charge in [0.15, 0.2) is 0 Å². The van der Waals surface area contributed by atoms with Crippen molar-refractivity contribution >= 4 is 5.97 Å². The summed E-state index contributed by atoms with van der Waals surface area (Å²) in [6, 6.07) is 0. The van der Waals surface area contributed by atoms with Crippen molar-refractivity contribution < 1.29 is 30.0 Å². The van der Waals surface area contributed by atoms with Gasteiger partial charge in [-0.25, -0.2) is 4.79 Å². The maximum Gasteiger partial charge on any atom is 0.328 e. The molecule has 0 aromatic rings. The van der Waals surface area contributed by atoms with Gasteiger partial charge in [-0.1, -0.05) is 57.2 Å². The first-order valence-corrected chi connectivity index (χ1v) is 9.58. The van der Waals surface area contributed by atoms with Gasteiger partial charge in [-0.05, 0) is 18.9 Å². The van der Waals surface area contributed by atoms with E-state index in [4.69, 9.17) is 14.9 Å². The molecule has 0 amide bonds. The molecule has 0 aromatic carbocycles. The minimum atomic E-state index is -0.998. The van der Waals surface area contributed by atoms with Crippen LogP contribution in [0.3, 0.4) is 0 Å². The van der Waals surface area contributed by atoms with Gasteiger partial charge < -0.3 is 25.2 Å². The van der Waals surface area contributed by atoms with Crippen molar-refractivity contribution in [2.24, 2.45) is 17.8 Å². The van der Waals surface area contributed by atoms with E-state index < -0.39 is 18.2 Å². The molecule has 0 aliphatic carbocycles. The summed E-state index contributed by atoms with van der Waals surface area (Å²) in [5.74, 6) is -1.62. The van der Waals surface area contributed by atoms with Gasteiger partial charge in [0.05, 0.1) is 18.3 Å². The highest BCUT2D eigenvalue weighted by atomic mass is 16.5. The fourth-order valence-corrected chi connectivity index (χ4v) is 3.21. The number of carboxylic acid groups (broad SMARTS) is 1. The third kappa shape index (κ3) is 9.46. The van der Waals surface area contributed by atoms with Crippen LogP contribution in [0, 0.1) is 17.8 Å². The highest BCUT2D eigenvalue weighted by molar-refractivity contribution is 5.80. The molecule has 0 bridgehead atoms. The number of aliphatic hydroxyl groups is 3. The highest BCUT2D eigenvalue weighted by Crippen LogP contribution is 2.27. The summed E-state index contributed by atoms with van der Waals surface area (Å²) in [6.07, 6.45) is 9.99. The summed E-state index contributed by atoms with van der Waals surface area (Å²) in [7, 11) is 1.59. The molecule has 0 radical (unpaired) electrons. The average molecular weight is 397 g/mol. The third-order valence-corrected chi connectivity index (χ3v) is 4.93. The van der Waals surface area contributed by atoms with Crippen molar-refractivity contribution in [2.45, 2.75) is 52.4 Å². The molecule has 160 valence electrons. The molecule has 6 heteroatoms. The summed E-state index contributed by atoms with van der Waals surface area (Å²) < 4.78 is 5.60. The van der Waals surface area contributed by atoms with E-state index in [1.54, 1.807) is 39.2 Å². The average Bonchev–Trinajstić information content (AvgIpc) is 2.66. The Hall–Kier alpha value is -1.73. The number of rotatable bonds is 13. The second kappa shape index (κ2) is 14.3. The van der Waals surface area contributed by atoms with Crippen molar-refractivity contribution in [1.82, 2.24) is 0 Å². The van der Waals surface area contributed by atoms with E-state index >= 15 is 0 Å². The van der Waals surface area contributed by atoms with E-state index in [1.165, 1.54) is 6.08 Å². The number of hydrogen-bond acceptors (Lipinski definition) is 5. The summed E-state index contributed by atoms with van der Waals surface area (Å²) in [4.78, 5) is 10.4. The summed E-state index contributed by atoms with van der Waals surface area (Å²) >= 11 is 0. The SMILES string of the molecule is CO[C@@H]([C@@H](C)[C@H](O)[C@@H](C)[C@H](O)/C(C)=C/CCO)[C@@H](C)/C=C/C=C/C=C/C(=O)O. The molecule has 0 aliphatic heterocycles. The standard InChI is InChI=1S/C22H36O6/c1-15(12-10-14-23)20(26)17(3)21(27)18(4)22(28-5)16(2)11-8-6-7-9-13-19(24)25/h6-9,11-13,16-18,20-23,26-27H,10,14H2,1-5H3,(H,24,25)/b7-6+,11-8+,13-9+,15-12+/t16-,17-,18-,20+,21+,22+/m0/s1. The normalized spacial score (nSPS) is 19.8. The minimum absolute atomic E-state index is 0.00174. The van der Waals surface area contributed by atoms with Crippen molar-refractivity contribution in [1.29, 1.82) is 0 Å². The zero-order chi connectivity index (χ0) is 21.7. The first-order chi connectivity index (χ1) is 13.2. The fourth-order valence-electron chi connectivity index (χ4n) is 3.21. The maximum atomic E-state index is 10.8. The van der Waals surface area contributed by atoms with Gasteiger partial charge >= 0.3 is 5.97 Å². The van der Waals surface area contributed by atoms with Crippen LogP contribution < -0.4 is 0 Å². The molecule has 4 N–H and O–H groups in total. The summed E-state index contributed by atoms with van der Waals surface area (Å²) in [5, 5.41) is 38.7. The number of ether oxygens (including phenoxy) is 1. The molecule has 0 aliphatic rings. The van der Waals surface area contributed by atoms with Crippen LogP contribution in [0.15, 0.2) is 48.1 Å². The lowest BCUT2D eigenvalue weighted by Crippen LogP contribution is -2.42. The smallest absolute Gasteiger partial charge is 0.328 e. The van der Waals surface area contributed by atoms with Crippen LogP contribution >= 0.6 is 0 Å². The van der Waals surface area contributed by atoms with Crippen molar-refractivity contribution in [3.8, 4) is 0 Å². The van der Waals surface area contributed by atoms with Crippen LogP contribution in [0.1, 0.15) is 34.1 Å². The number of allylic oxidation sites excluding steroid dienone is 4. The van der Waals surface area contributed by atoms with Crippen LogP contribution in [0.2, 0.25) is 0 Å². The lowest BCUT2D eigenvalue weighted by molar-refractivity contribution is -0.131. The molecule has 0 heterocycles. The summed E-state index contributed by atoms with van der Waals surface area (Å²) in [5.41, 5.74) is 0.731. The van der Waals surface area contributed by atoms with E-state index in [9.17, 15) is 15.0 Å². The Bertz CT molecular complexity index is 563. The van der Waals surface area contributed by atoms with Gasteiger partial charge in [-0.2, -0.15) is 0 Å². The lowest BCUT2D eigenvalue weighted by atomic mass is 9.80. The Morgan fingerprint density at radius 3 is 2.18 bits per heavy atom. The molecule has 28 heavy (non-hydrogen) atoms. The van der Waals surface area contributed by atoms with E-state index in [0.717, 1.165) is 11.6 Å². The second-order valence-electron chi connectivity index (χ2n) is 7.14. The van der Waals surface area contributed by atoms with Crippen LogP contribution in [0.4, 0.5) is 0 Å². The number of aliphatic carboxylic acids is 1. The fraction of sp³-hybridized carbons (Fsp3) is 0.591. The monoisotopic (exact) mass is 396 g/mol. The summed E-state index contributed by atoms with van der Waals surface area (Å²) in [6.45, 7) is 7.48. The molecule has 0 unspecified atom stereocenters. The van der Waals surface area contributed by atoms with E-state index in [1.807, 2.05) is 26.0 Å². The number of aliphatic hydroxyl groups excluding tert-OH is 3. The van der Waals surface area contributed by atoms with Gasteiger partial charge in [0.1, 0.15) is 0 Å². The highest BCUT2D eigenvalue weighted by Gasteiger charge is 2.34. The molecule has 6 atom stereocenters. The molecule has 0 saturated heterocycles. The van der Waals surface area contributed by atoms with Crippen LogP contribution in [0.25, 0.3) is 0 Å². The van der Waals surface area contributed by atoms with E-state index in [0.29, 0.717) is 6.42 Å². The van der Waals surface area contributed by atoms with E-state index in [2.05, 4.69) is 0 Å². The molecular formula is C22H36O6. The van der Waals surface area contributed by atoms with Crippen LogP contribution in [-0.2, 0) is 9.53 Å². The molecule has 6 nitrogen and oxygen atoms in total. The Morgan fingerprint density at radius 2 is 1.64 bits per heavy atom. The molecule has 0 spiro atoms. The van der Waals surface area contributed by atoms with Gasteiger partial charge in [0.25, 0.3) is 0 Å². The predicted molar refractivity (Wildman–Crippen MR) is 111 cm³/mol. The number of methoxy groups -OCH3 is 1. The zero-order valence-corrected chi connectivity index (χ0v) is 17.5. The predicted octanol–water partition coefficient (Wildman–Crippen LogP) is 2.71. The Kier molecular flexibility index (Phi) is 13.4. The van der Waals surface area contributed by atoms with Gasteiger partial charge in [0, 0.05) is 37.5 Å². The van der Waals surface area contributed by atoms with Gasteiger partial charge in [0.2, 0.25) is 0 Å². The van der Waals surface area contributed by atoms with Crippen molar-refractivity contribution in [3.05, 3.63) is 48.1 Å².